The molecule has 6 heteroatoms. The van der Waals surface area contributed by atoms with Gasteiger partial charge in [0.2, 0.25) is 0 Å². The molecule has 1 aromatic rings. The highest BCUT2D eigenvalue weighted by molar-refractivity contribution is 5.74. The van der Waals surface area contributed by atoms with Gasteiger partial charge in [-0.25, -0.2) is 9.18 Å². The van der Waals surface area contributed by atoms with E-state index in [0.717, 1.165) is 5.56 Å². The van der Waals surface area contributed by atoms with Crippen molar-refractivity contribution in [1.29, 1.82) is 0 Å². The maximum atomic E-state index is 13.7. The molecule has 120 valence electrons. The second-order valence-electron chi connectivity index (χ2n) is 6.06. The predicted octanol–water partition coefficient (Wildman–Crippen LogP) is 1.65. The van der Waals surface area contributed by atoms with Crippen molar-refractivity contribution in [2.45, 2.75) is 37.3 Å². The minimum absolute atomic E-state index is 0.171. The third-order valence-electron chi connectivity index (χ3n) is 4.52. The summed E-state index contributed by atoms with van der Waals surface area (Å²) >= 11 is 0. The van der Waals surface area contributed by atoms with Gasteiger partial charge in [-0.15, -0.1) is 0 Å². The highest BCUT2D eigenvalue weighted by Crippen LogP contribution is 2.32. The average Bonchev–Trinajstić information content (AvgIpc) is 2.91. The Hall–Kier alpha value is -1.66. The zero-order chi connectivity index (χ0) is 15.6. The Bertz CT molecular complexity index is 558. The molecule has 22 heavy (non-hydrogen) atoms. The summed E-state index contributed by atoms with van der Waals surface area (Å²) < 4.78 is 18.9. The largest absolute Gasteiger partial charge is 0.388 e. The molecular formula is C16H21FN2O3. The number of fused-ring (bicyclic) bond motifs is 1. The number of aliphatic hydroxyl groups is 1. The van der Waals surface area contributed by atoms with E-state index in [-0.39, 0.29) is 24.4 Å². The number of carbonyl (C=O) groups is 1. The standard InChI is InChI=1S/C16H21FN2O3/c17-13-3-1-2-12-11(13)4-5-14(12)19-15(20)18-10-16(21)6-8-22-9-7-16/h1-3,14,21H,4-10H2,(H2,18,19,20). The van der Waals surface area contributed by atoms with Crippen LogP contribution in [0.15, 0.2) is 18.2 Å². The molecule has 0 spiro atoms. The Balaban J connectivity index is 1.54. The molecule has 3 N–H and O–H groups in total. The summed E-state index contributed by atoms with van der Waals surface area (Å²) in [4.78, 5) is 12.0. The SMILES string of the molecule is O=C(NCC1(O)CCOCC1)NC1CCc2c(F)cccc21. The number of ether oxygens (including phenoxy) is 1. The Morgan fingerprint density at radius 2 is 2.18 bits per heavy atom. The molecule has 0 bridgehead atoms. The maximum Gasteiger partial charge on any atom is 0.315 e. The summed E-state index contributed by atoms with van der Waals surface area (Å²) in [6.45, 7) is 1.22. The van der Waals surface area contributed by atoms with Gasteiger partial charge in [0.05, 0.1) is 11.6 Å². The second kappa shape index (κ2) is 6.22. The number of nitrogens with one attached hydrogen (secondary N) is 2. The van der Waals surface area contributed by atoms with Gasteiger partial charge in [-0.1, -0.05) is 12.1 Å². The first kappa shape index (κ1) is 15.2. The molecule has 2 amide bonds. The summed E-state index contributed by atoms with van der Waals surface area (Å²) in [5.41, 5.74) is 0.644. The van der Waals surface area contributed by atoms with E-state index in [9.17, 15) is 14.3 Å². The van der Waals surface area contributed by atoms with E-state index in [4.69, 9.17) is 4.74 Å². The molecule has 0 aromatic heterocycles. The molecule has 0 radical (unpaired) electrons. The van der Waals surface area contributed by atoms with Crippen LogP contribution >= 0.6 is 0 Å². The van der Waals surface area contributed by atoms with Gasteiger partial charge in [0.1, 0.15) is 5.82 Å². The number of halogens is 1. The van der Waals surface area contributed by atoms with Crippen LogP contribution in [-0.2, 0) is 11.2 Å². The molecule has 5 nitrogen and oxygen atoms in total. The molecule has 1 saturated heterocycles. The summed E-state index contributed by atoms with van der Waals surface area (Å²) in [6.07, 6.45) is 2.37. The molecule has 0 saturated carbocycles. The van der Waals surface area contributed by atoms with E-state index in [0.29, 0.717) is 44.5 Å². The zero-order valence-corrected chi connectivity index (χ0v) is 12.4. The summed E-state index contributed by atoms with van der Waals surface area (Å²) in [5, 5.41) is 15.9. The molecule has 1 heterocycles. The highest BCUT2D eigenvalue weighted by atomic mass is 19.1. The number of rotatable bonds is 3. The van der Waals surface area contributed by atoms with E-state index in [1.165, 1.54) is 6.07 Å². The Morgan fingerprint density at radius 1 is 1.41 bits per heavy atom. The average molecular weight is 308 g/mol. The second-order valence-corrected chi connectivity index (χ2v) is 6.06. The minimum Gasteiger partial charge on any atom is -0.388 e. The van der Waals surface area contributed by atoms with Crippen molar-refractivity contribution in [3.8, 4) is 0 Å². The molecule has 2 aliphatic rings. The first-order valence-corrected chi connectivity index (χ1v) is 7.69. The summed E-state index contributed by atoms with van der Waals surface area (Å²) in [5.74, 6) is -0.210. The van der Waals surface area contributed by atoms with Crippen LogP contribution in [0.1, 0.15) is 36.4 Å². The maximum absolute atomic E-state index is 13.7. The van der Waals surface area contributed by atoms with Crippen LogP contribution in [0.4, 0.5) is 9.18 Å². The molecule has 1 aromatic carbocycles. The van der Waals surface area contributed by atoms with Gasteiger partial charge in [0.15, 0.2) is 0 Å². The van der Waals surface area contributed by atoms with E-state index < -0.39 is 5.60 Å². The first-order valence-electron chi connectivity index (χ1n) is 7.69. The fraction of sp³-hybridized carbons (Fsp3) is 0.562. The van der Waals surface area contributed by atoms with E-state index in [1.54, 1.807) is 6.07 Å². The van der Waals surface area contributed by atoms with Crippen LogP contribution in [0.25, 0.3) is 0 Å². The van der Waals surface area contributed by atoms with Crippen molar-refractivity contribution in [3.05, 3.63) is 35.1 Å². The van der Waals surface area contributed by atoms with Crippen molar-refractivity contribution in [1.82, 2.24) is 10.6 Å². The number of hydrogen-bond donors (Lipinski definition) is 3. The van der Waals surface area contributed by atoms with Gasteiger partial charge in [0.25, 0.3) is 0 Å². The third kappa shape index (κ3) is 3.23. The van der Waals surface area contributed by atoms with Crippen LogP contribution in [0.5, 0.6) is 0 Å². The topological polar surface area (TPSA) is 70.6 Å². The van der Waals surface area contributed by atoms with Crippen LogP contribution in [-0.4, -0.2) is 36.5 Å². The number of carbonyl (C=O) groups excluding carboxylic acids is 1. The number of benzene rings is 1. The molecule has 1 unspecified atom stereocenters. The van der Waals surface area contributed by atoms with Gasteiger partial charge in [-0.05, 0) is 30.0 Å². The van der Waals surface area contributed by atoms with E-state index in [1.807, 2.05) is 6.07 Å². The normalized spacial score (nSPS) is 22.9. The van der Waals surface area contributed by atoms with Crippen LogP contribution in [0.3, 0.4) is 0 Å². The van der Waals surface area contributed by atoms with Crippen molar-refractivity contribution in [2.24, 2.45) is 0 Å². The van der Waals surface area contributed by atoms with Gasteiger partial charge in [0, 0.05) is 32.6 Å². The molecule has 3 rings (SSSR count). The number of urea groups is 1. The fourth-order valence-electron chi connectivity index (χ4n) is 3.14. The van der Waals surface area contributed by atoms with E-state index in [2.05, 4.69) is 10.6 Å². The Kier molecular flexibility index (Phi) is 4.31. The van der Waals surface area contributed by atoms with Gasteiger partial charge >= 0.3 is 6.03 Å². The smallest absolute Gasteiger partial charge is 0.315 e. The lowest BCUT2D eigenvalue weighted by molar-refractivity contribution is -0.0600. The quantitative estimate of drug-likeness (QED) is 0.795. The van der Waals surface area contributed by atoms with E-state index >= 15 is 0 Å². The van der Waals surface area contributed by atoms with Crippen molar-refractivity contribution < 1.29 is 19.0 Å². The number of amides is 2. The predicted molar refractivity (Wildman–Crippen MR) is 79.0 cm³/mol. The van der Waals surface area contributed by atoms with Gasteiger partial charge in [-0.2, -0.15) is 0 Å². The third-order valence-corrected chi connectivity index (χ3v) is 4.52. The molecule has 1 aliphatic carbocycles. The minimum atomic E-state index is -0.894. The van der Waals surface area contributed by atoms with Crippen LogP contribution in [0.2, 0.25) is 0 Å². The zero-order valence-electron chi connectivity index (χ0n) is 12.4. The van der Waals surface area contributed by atoms with Gasteiger partial charge < -0.3 is 20.5 Å². The first-order chi connectivity index (χ1) is 10.6. The van der Waals surface area contributed by atoms with Crippen molar-refractivity contribution in [2.75, 3.05) is 19.8 Å². The molecular weight excluding hydrogens is 287 g/mol. The van der Waals surface area contributed by atoms with Crippen molar-refractivity contribution >= 4 is 6.03 Å². The van der Waals surface area contributed by atoms with Crippen LogP contribution < -0.4 is 10.6 Å². The molecule has 1 aliphatic heterocycles. The Labute approximate surface area is 128 Å². The fourth-order valence-corrected chi connectivity index (χ4v) is 3.14. The molecule has 1 fully saturated rings. The van der Waals surface area contributed by atoms with Crippen LogP contribution in [0, 0.1) is 5.82 Å². The summed E-state index contributed by atoms with van der Waals surface area (Å²) in [6, 6.07) is 4.46. The molecule has 1 atom stereocenters. The Morgan fingerprint density at radius 3 is 2.95 bits per heavy atom. The highest BCUT2D eigenvalue weighted by Gasteiger charge is 2.31. The van der Waals surface area contributed by atoms with Gasteiger partial charge in [-0.3, -0.25) is 0 Å². The monoisotopic (exact) mass is 308 g/mol. The summed E-state index contributed by atoms with van der Waals surface area (Å²) in [7, 11) is 0. The lowest BCUT2D eigenvalue weighted by atomic mass is 9.94. The number of hydrogen-bond acceptors (Lipinski definition) is 3. The lowest BCUT2D eigenvalue weighted by Crippen LogP contribution is -2.49. The van der Waals surface area contributed by atoms with Crippen molar-refractivity contribution in [3.63, 3.8) is 0 Å². The lowest BCUT2D eigenvalue weighted by Gasteiger charge is -2.32.